The lowest BCUT2D eigenvalue weighted by Gasteiger charge is -2.28. The molecule has 0 fully saturated rings. The molecule has 0 aromatic carbocycles. The Bertz CT molecular complexity index is 929. The standard InChI is InChI=1S/C47H90NO7PS/c1-5-7-9-11-13-15-17-19-21-23-25-27-29-31-33-35-38-44(49)46(51-3)42-54-56(57,53-41-37-40-48)55-43-47(52-4)45(50)39-36-34-32-30-28-26-24-22-20-18-16-14-12-10-8-6-2/h19-22,44-47,49-50H,5-18,23-39,41-43H2,1-4H3/b21-19-,22-20-. The Morgan fingerprint density at radius 1 is 0.509 bits per heavy atom. The first-order chi connectivity index (χ1) is 27.9. The number of aliphatic hydroxyl groups is 2. The molecule has 0 heterocycles. The van der Waals surface area contributed by atoms with Crippen LogP contribution in [0.3, 0.4) is 0 Å². The Kier molecular flexibility index (Phi) is 42.9. The molecule has 0 aromatic rings. The van der Waals surface area contributed by atoms with Crippen molar-refractivity contribution in [1.82, 2.24) is 0 Å². The summed E-state index contributed by atoms with van der Waals surface area (Å²) in [6, 6.07) is 2.06. The van der Waals surface area contributed by atoms with Gasteiger partial charge >= 0.3 is 6.72 Å². The molecule has 57 heavy (non-hydrogen) atoms. The average Bonchev–Trinajstić information content (AvgIpc) is 3.21. The number of hydrogen-bond donors (Lipinski definition) is 2. The number of allylic oxidation sites excluding steroid dienone is 4. The summed E-state index contributed by atoms with van der Waals surface area (Å²) in [5.41, 5.74) is 0. The number of nitriles is 1. The smallest absolute Gasteiger partial charge is 0.327 e. The van der Waals surface area contributed by atoms with Gasteiger partial charge in [-0.3, -0.25) is 0 Å². The molecule has 4 atom stereocenters. The van der Waals surface area contributed by atoms with E-state index in [2.05, 4.69) is 44.2 Å². The molecule has 336 valence electrons. The summed E-state index contributed by atoms with van der Waals surface area (Å²) in [4.78, 5) is 0. The Morgan fingerprint density at radius 3 is 1.14 bits per heavy atom. The molecule has 0 radical (unpaired) electrons. The Hall–Kier alpha value is -0.660. The van der Waals surface area contributed by atoms with E-state index in [1.165, 1.54) is 141 Å². The van der Waals surface area contributed by atoms with Crippen LogP contribution in [-0.2, 0) is 34.9 Å². The predicted molar refractivity (Wildman–Crippen MR) is 244 cm³/mol. The van der Waals surface area contributed by atoms with E-state index in [4.69, 9.17) is 40.1 Å². The maximum Gasteiger partial charge on any atom is 0.327 e. The van der Waals surface area contributed by atoms with Crippen LogP contribution in [0.1, 0.15) is 213 Å². The zero-order valence-electron chi connectivity index (χ0n) is 37.4. The molecule has 0 aliphatic heterocycles. The zero-order chi connectivity index (χ0) is 41.9. The van der Waals surface area contributed by atoms with Crippen molar-refractivity contribution in [3.8, 4) is 6.07 Å². The molecule has 4 unspecified atom stereocenters. The van der Waals surface area contributed by atoms with Crippen molar-refractivity contribution in [2.75, 3.05) is 34.0 Å². The minimum absolute atomic E-state index is 0.00353. The highest BCUT2D eigenvalue weighted by Gasteiger charge is 2.29. The second kappa shape index (κ2) is 43.4. The van der Waals surface area contributed by atoms with Gasteiger partial charge < -0.3 is 33.3 Å². The molecule has 0 rings (SSSR count). The van der Waals surface area contributed by atoms with Crippen molar-refractivity contribution in [3.63, 3.8) is 0 Å². The highest BCUT2D eigenvalue weighted by atomic mass is 32.5. The summed E-state index contributed by atoms with van der Waals surface area (Å²) in [5.74, 6) is 0. The van der Waals surface area contributed by atoms with Gasteiger partial charge in [-0.1, -0.05) is 167 Å². The average molecular weight is 844 g/mol. The zero-order valence-corrected chi connectivity index (χ0v) is 39.1. The van der Waals surface area contributed by atoms with Gasteiger partial charge in [0.15, 0.2) is 0 Å². The van der Waals surface area contributed by atoms with Gasteiger partial charge in [0, 0.05) is 14.2 Å². The molecule has 8 nitrogen and oxygen atoms in total. The maximum absolute atomic E-state index is 10.9. The van der Waals surface area contributed by atoms with Gasteiger partial charge in [-0.2, -0.15) is 5.26 Å². The van der Waals surface area contributed by atoms with Crippen LogP contribution >= 0.6 is 6.72 Å². The maximum atomic E-state index is 10.9. The molecule has 2 N–H and O–H groups in total. The van der Waals surface area contributed by atoms with E-state index >= 15 is 0 Å². The highest BCUT2D eigenvalue weighted by Crippen LogP contribution is 2.50. The minimum Gasteiger partial charge on any atom is -0.390 e. The Balaban J connectivity index is 4.33. The number of aliphatic hydroxyl groups excluding tert-OH is 2. The van der Waals surface area contributed by atoms with E-state index < -0.39 is 31.1 Å². The van der Waals surface area contributed by atoms with E-state index in [1.54, 1.807) is 14.2 Å². The predicted octanol–water partition coefficient (Wildman–Crippen LogP) is 13.8. The number of methoxy groups -OCH3 is 2. The third-order valence-electron chi connectivity index (χ3n) is 10.7. The quantitative estimate of drug-likeness (QED) is 0.0352. The van der Waals surface area contributed by atoms with Crippen molar-refractivity contribution >= 4 is 18.5 Å². The number of unbranched alkanes of at least 4 members (excludes halogenated alkanes) is 24. The summed E-state index contributed by atoms with van der Waals surface area (Å²) in [7, 11) is 3.10. The summed E-state index contributed by atoms with van der Waals surface area (Å²) < 4.78 is 28.9. The molecule has 0 saturated heterocycles. The van der Waals surface area contributed by atoms with Crippen LogP contribution in [-0.4, -0.2) is 68.7 Å². The molecule has 0 bridgehead atoms. The lowest BCUT2D eigenvalue weighted by Crippen LogP contribution is -2.34. The Labute approximate surface area is 357 Å². The van der Waals surface area contributed by atoms with E-state index in [-0.39, 0.29) is 26.2 Å². The number of nitrogens with zero attached hydrogens (tertiary/aromatic N) is 1. The topological polar surface area (TPSA) is 110 Å². The van der Waals surface area contributed by atoms with Crippen molar-refractivity contribution in [2.45, 2.75) is 237 Å². The Morgan fingerprint density at radius 2 is 0.825 bits per heavy atom. The van der Waals surface area contributed by atoms with E-state index in [0.717, 1.165) is 38.5 Å². The van der Waals surface area contributed by atoms with Crippen LogP contribution in [0.4, 0.5) is 0 Å². The van der Waals surface area contributed by atoms with Gasteiger partial charge in [-0.05, 0) is 76.0 Å². The molecule has 0 aliphatic rings. The van der Waals surface area contributed by atoms with Gasteiger partial charge in [-0.25, -0.2) is 0 Å². The third-order valence-corrected chi connectivity index (χ3v) is 13.1. The summed E-state index contributed by atoms with van der Waals surface area (Å²) >= 11 is 5.69. The third kappa shape index (κ3) is 36.9. The van der Waals surface area contributed by atoms with Crippen molar-refractivity contribution in [1.29, 1.82) is 5.26 Å². The first-order valence-corrected chi connectivity index (χ1v) is 26.0. The summed E-state index contributed by atoms with van der Waals surface area (Å²) in [5, 5.41) is 30.8. The van der Waals surface area contributed by atoms with Crippen molar-refractivity contribution in [2.24, 2.45) is 0 Å². The van der Waals surface area contributed by atoms with Crippen LogP contribution in [0, 0.1) is 11.3 Å². The summed E-state index contributed by atoms with van der Waals surface area (Å²) in [6.07, 6.45) is 42.9. The van der Waals surface area contributed by atoms with Gasteiger partial charge in [0.2, 0.25) is 0 Å². The molecule has 0 saturated carbocycles. The van der Waals surface area contributed by atoms with Crippen LogP contribution in [0.15, 0.2) is 24.3 Å². The van der Waals surface area contributed by atoms with E-state index in [0.29, 0.717) is 12.8 Å². The summed E-state index contributed by atoms with van der Waals surface area (Å²) in [6.45, 7) is 1.30. The molecule has 0 aromatic heterocycles. The lowest BCUT2D eigenvalue weighted by molar-refractivity contribution is -0.0546. The van der Waals surface area contributed by atoms with Crippen LogP contribution in [0.5, 0.6) is 0 Å². The fourth-order valence-electron chi connectivity index (χ4n) is 6.89. The molecule has 0 aliphatic carbocycles. The van der Waals surface area contributed by atoms with E-state index in [1.807, 2.05) is 0 Å². The van der Waals surface area contributed by atoms with Crippen LogP contribution in [0.2, 0.25) is 0 Å². The van der Waals surface area contributed by atoms with Gasteiger partial charge in [0.25, 0.3) is 0 Å². The molecular formula is C47H90NO7PS. The SMILES string of the molecule is CCCCCCCC/C=C\CCCCCCCCC(O)C(COP(=S)(OCCC#N)OCC(OC)C(O)CCCCCCCC/C=C\CCCCCCCC)OC. The minimum atomic E-state index is -3.30. The fraction of sp³-hybridized carbons (Fsp3) is 0.894. The number of hydrogen-bond acceptors (Lipinski definition) is 9. The normalized spacial score (nSPS) is 15.2. The van der Waals surface area contributed by atoms with Crippen LogP contribution in [0.25, 0.3) is 0 Å². The van der Waals surface area contributed by atoms with E-state index in [9.17, 15) is 10.2 Å². The van der Waals surface area contributed by atoms with Gasteiger partial charge in [0.1, 0.15) is 12.2 Å². The van der Waals surface area contributed by atoms with Crippen molar-refractivity contribution < 1.29 is 33.3 Å². The second-order valence-electron chi connectivity index (χ2n) is 15.9. The fourth-order valence-corrected chi connectivity index (χ4v) is 8.68. The second-order valence-corrected chi connectivity index (χ2v) is 18.9. The number of rotatable bonds is 45. The molecule has 0 spiro atoms. The largest absolute Gasteiger partial charge is 0.390 e. The first kappa shape index (κ1) is 56.3. The highest BCUT2D eigenvalue weighted by molar-refractivity contribution is 8.07. The van der Waals surface area contributed by atoms with Gasteiger partial charge in [0.05, 0.1) is 44.5 Å². The van der Waals surface area contributed by atoms with Crippen LogP contribution < -0.4 is 0 Å². The molecule has 0 amide bonds. The lowest BCUT2D eigenvalue weighted by atomic mass is 10.0. The van der Waals surface area contributed by atoms with Crippen molar-refractivity contribution in [3.05, 3.63) is 24.3 Å². The first-order valence-electron chi connectivity index (χ1n) is 23.5. The molecule has 10 heteroatoms. The molecular weight excluding hydrogens is 754 g/mol. The number of ether oxygens (including phenoxy) is 2. The van der Waals surface area contributed by atoms with Gasteiger partial charge in [-0.15, -0.1) is 0 Å². The monoisotopic (exact) mass is 844 g/mol.